The van der Waals surface area contributed by atoms with Crippen LogP contribution in [0.1, 0.15) is 5.82 Å². The van der Waals surface area contributed by atoms with Gasteiger partial charge in [-0.3, -0.25) is 0 Å². The van der Waals surface area contributed by atoms with Crippen LogP contribution in [-0.4, -0.2) is 24.1 Å². The van der Waals surface area contributed by atoms with Crippen molar-refractivity contribution in [2.24, 2.45) is 5.84 Å². The fourth-order valence-electron chi connectivity index (χ4n) is 1.72. The maximum absolute atomic E-state index is 5.37. The maximum Gasteiger partial charge on any atom is 0.145 e. The summed E-state index contributed by atoms with van der Waals surface area (Å²) in [6.45, 7) is 1.82. The van der Waals surface area contributed by atoms with Gasteiger partial charge >= 0.3 is 0 Å². The number of nitrogens with zero attached hydrogens (tertiary/aromatic N) is 3. The lowest BCUT2D eigenvalue weighted by Crippen LogP contribution is -2.11. The molecule has 1 heterocycles. The van der Waals surface area contributed by atoms with Crippen molar-refractivity contribution < 1.29 is 0 Å². The van der Waals surface area contributed by atoms with Gasteiger partial charge < -0.3 is 15.6 Å². The van der Waals surface area contributed by atoms with Crippen molar-refractivity contribution in [3.8, 4) is 0 Å². The van der Waals surface area contributed by atoms with E-state index in [0.29, 0.717) is 17.5 Å². The summed E-state index contributed by atoms with van der Waals surface area (Å²) in [6.07, 6.45) is 0. The molecular formula is C13H18N6. The monoisotopic (exact) mass is 258 g/mol. The lowest BCUT2D eigenvalue weighted by Gasteiger charge is -2.14. The molecule has 19 heavy (non-hydrogen) atoms. The van der Waals surface area contributed by atoms with Gasteiger partial charge in [-0.05, 0) is 25.1 Å². The molecule has 0 aliphatic rings. The third kappa shape index (κ3) is 3.32. The number of aromatic nitrogens is 2. The Morgan fingerprint density at radius 2 is 1.84 bits per heavy atom. The van der Waals surface area contributed by atoms with Gasteiger partial charge in [0.1, 0.15) is 17.5 Å². The number of nitrogen functional groups attached to an aromatic ring is 1. The van der Waals surface area contributed by atoms with Gasteiger partial charge in [0.25, 0.3) is 0 Å². The van der Waals surface area contributed by atoms with Gasteiger partial charge in [0.05, 0.1) is 0 Å². The molecule has 0 saturated heterocycles. The van der Waals surface area contributed by atoms with Gasteiger partial charge in [-0.25, -0.2) is 15.8 Å². The lowest BCUT2D eigenvalue weighted by molar-refractivity contribution is 1.05. The summed E-state index contributed by atoms with van der Waals surface area (Å²) in [5, 5.41) is 3.24. The zero-order valence-electron chi connectivity index (χ0n) is 11.3. The van der Waals surface area contributed by atoms with E-state index in [1.807, 2.05) is 50.2 Å². The van der Waals surface area contributed by atoms with Crippen molar-refractivity contribution in [3.05, 3.63) is 36.2 Å². The van der Waals surface area contributed by atoms with E-state index < -0.39 is 0 Å². The molecule has 0 spiro atoms. The minimum absolute atomic E-state index is 0.582. The molecule has 0 bridgehead atoms. The molecule has 0 radical (unpaired) electrons. The van der Waals surface area contributed by atoms with E-state index in [1.165, 1.54) is 0 Å². The van der Waals surface area contributed by atoms with E-state index in [1.54, 1.807) is 6.07 Å². The lowest BCUT2D eigenvalue weighted by atomic mass is 10.2. The normalized spacial score (nSPS) is 10.1. The Hall–Kier alpha value is -2.34. The highest BCUT2D eigenvalue weighted by atomic mass is 15.3. The second-order valence-electron chi connectivity index (χ2n) is 4.40. The van der Waals surface area contributed by atoms with E-state index in [-0.39, 0.29) is 0 Å². The first-order chi connectivity index (χ1) is 9.08. The molecule has 6 nitrogen and oxygen atoms in total. The molecule has 0 saturated carbocycles. The minimum Gasteiger partial charge on any atom is -0.378 e. The first-order valence-electron chi connectivity index (χ1n) is 5.95. The average molecular weight is 258 g/mol. The molecule has 1 aromatic heterocycles. The fraction of sp³-hybridized carbons (Fsp3) is 0.231. The zero-order chi connectivity index (χ0) is 13.8. The van der Waals surface area contributed by atoms with Crippen LogP contribution in [0.4, 0.5) is 23.0 Å². The summed E-state index contributed by atoms with van der Waals surface area (Å²) >= 11 is 0. The fourth-order valence-corrected chi connectivity index (χ4v) is 1.72. The van der Waals surface area contributed by atoms with Crippen LogP contribution >= 0.6 is 0 Å². The molecule has 100 valence electrons. The molecule has 0 amide bonds. The van der Waals surface area contributed by atoms with Crippen molar-refractivity contribution in [1.82, 2.24) is 9.97 Å². The SMILES string of the molecule is Cc1nc(NN)cc(Nc2cccc(N(C)C)c2)n1. The van der Waals surface area contributed by atoms with E-state index >= 15 is 0 Å². The van der Waals surface area contributed by atoms with Crippen molar-refractivity contribution in [2.75, 3.05) is 29.7 Å². The summed E-state index contributed by atoms with van der Waals surface area (Å²) in [5.41, 5.74) is 4.61. The molecule has 6 heteroatoms. The molecule has 0 aliphatic heterocycles. The van der Waals surface area contributed by atoms with Crippen LogP contribution in [0.5, 0.6) is 0 Å². The Labute approximate surface area is 112 Å². The van der Waals surface area contributed by atoms with Crippen LogP contribution in [0.3, 0.4) is 0 Å². The standard InChI is InChI=1S/C13H18N6/c1-9-15-12(8-13(16-9)18-14)17-10-5-4-6-11(7-10)19(2)3/h4-8H,14H2,1-3H3,(H2,15,16,17,18). The van der Waals surface area contributed by atoms with Crippen LogP contribution in [0.2, 0.25) is 0 Å². The molecule has 4 N–H and O–H groups in total. The number of nitrogens with one attached hydrogen (secondary N) is 2. The smallest absolute Gasteiger partial charge is 0.145 e. The Morgan fingerprint density at radius 1 is 1.11 bits per heavy atom. The summed E-state index contributed by atoms with van der Waals surface area (Å²) in [7, 11) is 4.01. The number of anilines is 4. The van der Waals surface area contributed by atoms with Crippen LogP contribution in [0, 0.1) is 6.92 Å². The third-order valence-corrected chi connectivity index (χ3v) is 2.62. The highest BCUT2D eigenvalue weighted by Crippen LogP contribution is 2.21. The van der Waals surface area contributed by atoms with E-state index in [9.17, 15) is 0 Å². The Kier molecular flexibility index (Phi) is 3.82. The van der Waals surface area contributed by atoms with Crippen LogP contribution in [0.15, 0.2) is 30.3 Å². The van der Waals surface area contributed by atoms with Crippen molar-refractivity contribution in [3.63, 3.8) is 0 Å². The van der Waals surface area contributed by atoms with Crippen molar-refractivity contribution in [1.29, 1.82) is 0 Å². The summed E-state index contributed by atoms with van der Waals surface area (Å²) < 4.78 is 0. The molecular weight excluding hydrogens is 240 g/mol. The maximum atomic E-state index is 5.37. The number of aryl methyl sites for hydroxylation is 1. The van der Waals surface area contributed by atoms with E-state index in [4.69, 9.17) is 5.84 Å². The molecule has 1 aromatic carbocycles. The second-order valence-corrected chi connectivity index (χ2v) is 4.40. The number of hydrogen-bond donors (Lipinski definition) is 3. The molecule has 0 atom stereocenters. The Balaban J connectivity index is 2.25. The summed E-state index contributed by atoms with van der Waals surface area (Å²) in [5.74, 6) is 7.31. The number of nitrogens with two attached hydrogens (primary N) is 1. The quantitative estimate of drug-likeness (QED) is 0.574. The largest absolute Gasteiger partial charge is 0.378 e. The van der Waals surface area contributed by atoms with Crippen molar-refractivity contribution >= 4 is 23.0 Å². The van der Waals surface area contributed by atoms with Crippen LogP contribution < -0.4 is 21.5 Å². The first-order valence-corrected chi connectivity index (χ1v) is 5.95. The molecule has 2 aromatic rings. The molecule has 2 rings (SSSR count). The van der Waals surface area contributed by atoms with Crippen LogP contribution in [-0.2, 0) is 0 Å². The Morgan fingerprint density at radius 3 is 2.53 bits per heavy atom. The summed E-state index contributed by atoms with van der Waals surface area (Å²) in [4.78, 5) is 10.5. The van der Waals surface area contributed by atoms with Gasteiger partial charge in [0.15, 0.2) is 0 Å². The average Bonchev–Trinajstić information content (AvgIpc) is 2.38. The number of rotatable bonds is 4. The molecule has 0 fully saturated rings. The number of hydrogen-bond acceptors (Lipinski definition) is 6. The summed E-state index contributed by atoms with van der Waals surface area (Å²) in [6, 6.07) is 9.83. The third-order valence-electron chi connectivity index (χ3n) is 2.62. The van der Waals surface area contributed by atoms with Gasteiger partial charge in [0.2, 0.25) is 0 Å². The predicted octanol–water partition coefficient (Wildman–Crippen LogP) is 1.88. The van der Waals surface area contributed by atoms with Gasteiger partial charge in [0, 0.05) is 31.5 Å². The number of hydrazine groups is 1. The van der Waals surface area contributed by atoms with Crippen molar-refractivity contribution in [2.45, 2.75) is 6.92 Å². The second kappa shape index (κ2) is 5.53. The minimum atomic E-state index is 0.582. The number of benzene rings is 1. The Bertz CT molecular complexity index is 567. The molecule has 0 unspecified atom stereocenters. The molecule has 0 aliphatic carbocycles. The van der Waals surface area contributed by atoms with Gasteiger partial charge in [-0.1, -0.05) is 6.07 Å². The van der Waals surface area contributed by atoms with Gasteiger partial charge in [-0.15, -0.1) is 0 Å². The van der Waals surface area contributed by atoms with E-state index in [2.05, 4.69) is 20.7 Å². The predicted molar refractivity (Wildman–Crippen MR) is 78.6 cm³/mol. The highest BCUT2D eigenvalue weighted by Gasteiger charge is 2.02. The van der Waals surface area contributed by atoms with Gasteiger partial charge in [-0.2, -0.15) is 0 Å². The first kappa shape index (κ1) is 13.1. The van der Waals surface area contributed by atoms with Crippen LogP contribution in [0.25, 0.3) is 0 Å². The topological polar surface area (TPSA) is 79.1 Å². The van der Waals surface area contributed by atoms with E-state index in [0.717, 1.165) is 11.4 Å². The highest BCUT2D eigenvalue weighted by molar-refractivity contribution is 5.64. The zero-order valence-corrected chi connectivity index (χ0v) is 11.3.